The zero-order valence-electron chi connectivity index (χ0n) is 9.95. The van der Waals surface area contributed by atoms with Gasteiger partial charge >= 0.3 is 0 Å². The lowest BCUT2D eigenvalue weighted by atomic mass is 10.2. The van der Waals surface area contributed by atoms with Gasteiger partial charge in [0.05, 0.1) is 12.6 Å². The van der Waals surface area contributed by atoms with Gasteiger partial charge in [0.2, 0.25) is 0 Å². The number of benzene rings is 1. The number of hydrogen-bond donors (Lipinski definition) is 1. The van der Waals surface area contributed by atoms with Crippen molar-refractivity contribution < 1.29 is 9.13 Å². The van der Waals surface area contributed by atoms with Gasteiger partial charge in [-0.25, -0.2) is 14.4 Å². The molecule has 0 fully saturated rings. The highest BCUT2D eigenvalue weighted by Crippen LogP contribution is 2.26. The molecule has 0 aliphatic rings. The molecule has 0 aliphatic heterocycles. The minimum Gasteiger partial charge on any atom is -0.494 e. The van der Waals surface area contributed by atoms with E-state index in [4.69, 9.17) is 4.74 Å². The van der Waals surface area contributed by atoms with E-state index in [0.29, 0.717) is 11.5 Å². The molecule has 0 atom stereocenters. The van der Waals surface area contributed by atoms with Crippen LogP contribution in [0.1, 0.15) is 0 Å². The van der Waals surface area contributed by atoms with E-state index in [0.717, 1.165) is 15.6 Å². The van der Waals surface area contributed by atoms with Gasteiger partial charge < -0.3 is 9.72 Å². The van der Waals surface area contributed by atoms with Gasteiger partial charge in [-0.05, 0) is 40.2 Å². The average Bonchev–Trinajstić information content (AvgIpc) is 2.82. The van der Waals surface area contributed by atoms with Gasteiger partial charge in [-0.3, -0.25) is 0 Å². The van der Waals surface area contributed by atoms with E-state index in [1.165, 1.54) is 13.2 Å². The lowest BCUT2D eigenvalue weighted by Gasteiger charge is -2.03. The van der Waals surface area contributed by atoms with Gasteiger partial charge in [0.1, 0.15) is 5.82 Å². The maximum atomic E-state index is 13.4. The van der Waals surface area contributed by atoms with Gasteiger partial charge in [0, 0.05) is 16.2 Å². The Balaban J connectivity index is 2.13. The molecule has 1 aromatic carbocycles. The highest BCUT2D eigenvalue weighted by molar-refractivity contribution is 9.10. The number of aromatic amines is 1. The molecule has 2 heterocycles. The molecule has 19 heavy (non-hydrogen) atoms. The summed E-state index contributed by atoms with van der Waals surface area (Å²) in [7, 11) is 1.43. The van der Waals surface area contributed by atoms with Crippen molar-refractivity contribution in [1.82, 2.24) is 15.0 Å². The monoisotopic (exact) mass is 321 g/mol. The third kappa shape index (κ3) is 2.19. The number of imidazole rings is 1. The number of hydrogen-bond acceptors (Lipinski definition) is 3. The van der Waals surface area contributed by atoms with Crippen molar-refractivity contribution in [2.75, 3.05) is 7.11 Å². The molecule has 2 aromatic heterocycles. The molecule has 1 N–H and O–H groups in total. The summed E-state index contributed by atoms with van der Waals surface area (Å²) in [5.41, 5.74) is 2.17. The molecule has 96 valence electrons. The number of halogens is 2. The average molecular weight is 322 g/mol. The van der Waals surface area contributed by atoms with Crippen LogP contribution in [0.2, 0.25) is 0 Å². The first kappa shape index (κ1) is 12.1. The molecule has 0 amide bonds. The molecule has 0 saturated carbocycles. The predicted molar refractivity (Wildman–Crippen MR) is 73.5 cm³/mol. The van der Waals surface area contributed by atoms with Gasteiger partial charge in [-0.2, -0.15) is 0 Å². The maximum absolute atomic E-state index is 13.4. The summed E-state index contributed by atoms with van der Waals surface area (Å²) in [5, 5.41) is 0. The fourth-order valence-electron chi connectivity index (χ4n) is 1.82. The fourth-order valence-corrected chi connectivity index (χ4v) is 2.15. The van der Waals surface area contributed by atoms with E-state index in [2.05, 4.69) is 30.9 Å². The molecular formula is C13H9BrFN3O. The number of rotatable bonds is 2. The number of fused-ring (bicyclic) bond motifs is 1. The second-order valence-corrected chi connectivity index (χ2v) is 4.88. The van der Waals surface area contributed by atoms with Gasteiger partial charge in [0.25, 0.3) is 0 Å². The Morgan fingerprint density at radius 3 is 2.95 bits per heavy atom. The van der Waals surface area contributed by atoms with Crippen LogP contribution < -0.4 is 4.74 Å². The molecule has 3 aromatic rings. The quantitative estimate of drug-likeness (QED) is 0.785. The van der Waals surface area contributed by atoms with Crippen molar-refractivity contribution >= 4 is 27.1 Å². The summed E-state index contributed by atoms with van der Waals surface area (Å²) in [6.45, 7) is 0. The lowest BCUT2D eigenvalue weighted by molar-refractivity contribution is 0.387. The molecular weight excluding hydrogens is 313 g/mol. The van der Waals surface area contributed by atoms with Crippen molar-refractivity contribution in [3.05, 3.63) is 40.8 Å². The summed E-state index contributed by atoms with van der Waals surface area (Å²) in [4.78, 5) is 11.7. The van der Waals surface area contributed by atoms with Crippen LogP contribution >= 0.6 is 15.9 Å². The number of nitrogens with one attached hydrogen (secondary N) is 1. The van der Waals surface area contributed by atoms with Crippen LogP contribution in [0.5, 0.6) is 5.75 Å². The largest absolute Gasteiger partial charge is 0.494 e. The number of pyridine rings is 1. The smallest absolute Gasteiger partial charge is 0.178 e. The van der Waals surface area contributed by atoms with Crippen molar-refractivity contribution in [1.29, 1.82) is 0 Å². The molecule has 0 unspecified atom stereocenters. The molecule has 4 nitrogen and oxygen atoms in total. The van der Waals surface area contributed by atoms with Gasteiger partial charge in [-0.1, -0.05) is 0 Å². The van der Waals surface area contributed by atoms with Gasteiger partial charge in [0.15, 0.2) is 17.2 Å². The van der Waals surface area contributed by atoms with Crippen molar-refractivity contribution in [2.45, 2.75) is 0 Å². The number of aromatic nitrogens is 3. The standard InChI is InChI=1S/C13H9BrFN3O/c1-19-11-4-7(2-3-9(11)15)12-17-10-5-8(14)6-16-13(10)18-12/h2-6H,1H3,(H,16,17,18). The number of methoxy groups -OCH3 is 1. The van der Waals surface area contributed by atoms with Crippen LogP contribution in [0, 0.1) is 5.82 Å². The Bertz CT molecular complexity index is 757. The highest BCUT2D eigenvalue weighted by atomic mass is 79.9. The Hall–Kier alpha value is -1.95. The van der Waals surface area contributed by atoms with E-state index in [1.807, 2.05) is 6.07 Å². The summed E-state index contributed by atoms with van der Waals surface area (Å²) in [5.74, 6) is 0.411. The molecule has 0 aliphatic carbocycles. The number of H-pyrrole nitrogens is 1. The lowest BCUT2D eigenvalue weighted by Crippen LogP contribution is -1.89. The Kier molecular flexibility index (Phi) is 2.94. The van der Waals surface area contributed by atoms with E-state index in [1.54, 1.807) is 18.3 Å². The Morgan fingerprint density at radius 2 is 2.16 bits per heavy atom. The van der Waals surface area contributed by atoms with Crippen LogP contribution in [0.4, 0.5) is 4.39 Å². The van der Waals surface area contributed by atoms with Crippen LogP contribution in [0.3, 0.4) is 0 Å². The maximum Gasteiger partial charge on any atom is 0.178 e. The van der Waals surface area contributed by atoms with Crippen LogP contribution in [0.25, 0.3) is 22.6 Å². The fraction of sp³-hybridized carbons (Fsp3) is 0.0769. The number of nitrogens with zero attached hydrogens (tertiary/aromatic N) is 2. The Morgan fingerprint density at radius 1 is 1.32 bits per heavy atom. The second-order valence-electron chi connectivity index (χ2n) is 3.96. The summed E-state index contributed by atoms with van der Waals surface area (Å²) in [6, 6.07) is 6.48. The van der Waals surface area contributed by atoms with Crippen molar-refractivity contribution in [3.63, 3.8) is 0 Å². The zero-order valence-corrected chi connectivity index (χ0v) is 11.5. The Labute approximate surface area is 116 Å². The summed E-state index contributed by atoms with van der Waals surface area (Å²) in [6.07, 6.45) is 1.68. The first-order chi connectivity index (χ1) is 9.17. The first-order valence-corrected chi connectivity index (χ1v) is 6.32. The molecule has 6 heteroatoms. The number of ether oxygens (including phenoxy) is 1. The minimum atomic E-state index is -0.400. The third-order valence-electron chi connectivity index (χ3n) is 2.73. The van der Waals surface area contributed by atoms with Crippen LogP contribution in [-0.4, -0.2) is 22.1 Å². The van der Waals surface area contributed by atoms with Crippen molar-refractivity contribution in [2.24, 2.45) is 0 Å². The third-order valence-corrected chi connectivity index (χ3v) is 3.16. The first-order valence-electron chi connectivity index (χ1n) is 5.52. The zero-order chi connectivity index (χ0) is 13.4. The van der Waals surface area contributed by atoms with Gasteiger partial charge in [-0.15, -0.1) is 0 Å². The van der Waals surface area contributed by atoms with E-state index in [9.17, 15) is 4.39 Å². The molecule has 0 spiro atoms. The van der Waals surface area contributed by atoms with Crippen LogP contribution in [-0.2, 0) is 0 Å². The molecule has 0 bridgehead atoms. The molecule has 3 rings (SSSR count). The minimum absolute atomic E-state index is 0.187. The summed E-state index contributed by atoms with van der Waals surface area (Å²) >= 11 is 3.35. The summed E-state index contributed by atoms with van der Waals surface area (Å²) < 4.78 is 19.2. The van der Waals surface area contributed by atoms with E-state index < -0.39 is 5.82 Å². The highest BCUT2D eigenvalue weighted by Gasteiger charge is 2.10. The normalized spacial score (nSPS) is 10.9. The molecule has 0 radical (unpaired) electrons. The topological polar surface area (TPSA) is 50.8 Å². The van der Waals surface area contributed by atoms with E-state index in [-0.39, 0.29) is 5.75 Å². The SMILES string of the molecule is COc1cc(-c2nc3ncc(Br)cc3[nH]2)ccc1F. The predicted octanol–water partition coefficient (Wildman–Crippen LogP) is 3.54. The van der Waals surface area contributed by atoms with Crippen LogP contribution in [0.15, 0.2) is 34.9 Å². The molecule has 0 saturated heterocycles. The second kappa shape index (κ2) is 4.62. The van der Waals surface area contributed by atoms with Crippen molar-refractivity contribution in [3.8, 4) is 17.1 Å². The van der Waals surface area contributed by atoms with E-state index >= 15 is 0 Å².